The molecule has 0 saturated heterocycles. The number of aryl methyl sites for hydroxylation is 1. The summed E-state index contributed by atoms with van der Waals surface area (Å²) < 4.78 is 0. The SMILES string of the molecule is CN(C)C(C)(C)C(CCc1cccs1)NN. The zero-order chi connectivity index (χ0) is 12.2. The first-order valence-corrected chi connectivity index (χ1v) is 6.52. The van der Waals surface area contributed by atoms with Gasteiger partial charge in [-0.15, -0.1) is 11.3 Å². The van der Waals surface area contributed by atoms with Crippen molar-refractivity contribution in [1.29, 1.82) is 0 Å². The Labute approximate surface area is 103 Å². The smallest absolute Gasteiger partial charge is 0.0392 e. The van der Waals surface area contributed by atoms with E-state index in [1.165, 1.54) is 4.88 Å². The Hall–Kier alpha value is -0.420. The van der Waals surface area contributed by atoms with Crippen molar-refractivity contribution in [3.05, 3.63) is 22.4 Å². The highest BCUT2D eigenvalue weighted by atomic mass is 32.1. The molecule has 0 aliphatic heterocycles. The highest BCUT2D eigenvalue weighted by molar-refractivity contribution is 7.09. The number of hydrogen-bond donors (Lipinski definition) is 2. The average Bonchev–Trinajstić information content (AvgIpc) is 2.71. The van der Waals surface area contributed by atoms with Crippen LogP contribution in [0.15, 0.2) is 17.5 Å². The number of nitrogens with two attached hydrogens (primary N) is 1. The van der Waals surface area contributed by atoms with E-state index in [1.807, 2.05) is 11.3 Å². The van der Waals surface area contributed by atoms with Crippen LogP contribution in [0.5, 0.6) is 0 Å². The minimum atomic E-state index is 0.0615. The van der Waals surface area contributed by atoms with E-state index in [9.17, 15) is 0 Å². The van der Waals surface area contributed by atoms with Gasteiger partial charge in [-0.2, -0.15) is 0 Å². The van der Waals surface area contributed by atoms with E-state index in [1.54, 1.807) is 0 Å². The van der Waals surface area contributed by atoms with Crippen molar-refractivity contribution in [1.82, 2.24) is 10.3 Å². The quantitative estimate of drug-likeness (QED) is 0.590. The number of nitrogens with one attached hydrogen (secondary N) is 1. The molecule has 4 heteroatoms. The standard InChI is InChI=1S/C12H23N3S/c1-12(2,15(3)4)11(14-13)8-7-10-6-5-9-16-10/h5-6,9,11,14H,7-8,13H2,1-4H3. The Kier molecular flexibility index (Phi) is 4.92. The van der Waals surface area contributed by atoms with Crippen LogP contribution in [-0.2, 0) is 6.42 Å². The van der Waals surface area contributed by atoms with Gasteiger partial charge in [0.05, 0.1) is 0 Å². The van der Waals surface area contributed by atoms with Crippen molar-refractivity contribution in [2.75, 3.05) is 14.1 Å². The van der Waals surface area contributed by atoms with E-state index in [0.717, 1.165) is 12.8 Å². The van der Waals surface area contributed by atoms with Gasteiger partial charge in [0, 0.05) is 16.5 Å². The largest absolute Gasteiger partial charge is 0.303 e. The van der Waals surface area contributed by atoms with Crippen LogP contribution in [0.4, 0.5) is 0 Å². The Balaban J connectivity index is 2.55. The summed E-state index contributed by atoms with van der Waals surface area (Å²) in [5, 5.41) is 2.12. The van der Waals surface area contributed by atoms with Crippen LogP contribution >= 0.6 is 11.3 Å². The highest BCUT2D eigenvalue weighted by Crippen LogP contribution is 2.21. The molecule has 3 nitrogen and oxygen atoms in total. The van der Waals surface area contributed by atoms with Crippen LogP contribution < -0.4 is 11.3 Å². The second-order valence-corrected chi connectivity index (χ2v) is 5.92. The molecule has 1 heterocycles. The number of likely N-dealkylation sites (N-methyl/N-ethyl adjacent to an activating group) is 1. The topological polar surface area (TPSA) is 41.3 Å². The number of rotatable bonds is 6. The summed E-state index contributed by atoms with van der Waals surface area (Å²) >= 11 is 1.81. The molecule has 1 atom stereocenters. The molecule has 0 radical (unpaired) electrons. The van der Waals surface area contributed by atoms with E-state index < -0.39 is 0 Å². The molecule has 0 aromatic carbocycles. The van der Waals surface area contributed by atoms with Gasteiger partial charge in [0.15, 0.2) is 0 Å². The molecule has 0 amide bonds. The van der Waals surface area contributed by atoms with Crippen LogP contribution in [0.2, 0.25) is 0 Å². The lowest BCUT2D eigenvalue weighted by Crippen LogP contribution is -2.57. The first-order chi connectivity index (χ1) is 7.48. The molecule has 1 aromatic heterocycles. The average molecular weight is 241 g/mol. The molecule has 92 valence electrons. The Morgan fingerprint density at radius 2 is 2.19 bits per heavy atom. The molecule has 1 unspecified atom stereocenters. The third kappa shape index (κ3) is 3.28. The van der Waals surface area contributed by atoms with Crippen molar-refractivity contribution in [2.45, 2.75) is 38.3 Å². The molecule has 16 heavy (non-hydrogen) atoms. The van der Waals surface area contributed by atoms with E-state index >= 15 is 0 Å². The molecular weight excluding hydrogens is 218 g/mol. The van der Waals surface area contributed by atoms with Crippen molar-refractivity contribution in [3.63, 3.8) is 0 Å². The maximum atomic E-state index is 5.66. The maximum absolute atomic E-state index is 5.66. The van der Waals surface area contributed by atoms with Gasteiger partial charge in [-0.25, -0.2) is 0 Å². The van der Waals surface area contributed by atoms with Gasteiger partial charge in [-0.1, -0.05) is 6.07 Å². The molecular formula is C12H23N3S. The van der Waals surface area contributed by atoms with Crippen LogP contribution in [0.1, 0.15) is 25.1 Å². The van der Waals surface area contributed by atoms with E-state index in [4.69, 9.17) is 5.84 Å². The zero-order valence-corrected chi connectivity index (χ0v) is 11.5. The summed E-state index contributed by atoms with van der Waals surface area (Å²) in [5.41, 5.74) is 3.01. The summed E-state index contributed by atoms with van der Waals surface area (Å²) in [6.45, 7) is 4.43. The van der Waals surface area contributed by atoms with Crippen molar-refractivity contribution >= 4 is 11.3 Å². The number of hydrogen-bond acceptors (Lipinski definition) is 4. The maximum Gasteiger partial charge on any atom is 0.0392 e. The summed E-state index contributed by atoms with van der Waals surface area (Å²) in [5.74, 6) is 5.66. The van der Waals surface area contributed by atoms with Crippen molar-refractivity contribution in [3.8, 4) is 0 Å². The molecule has 0 fully saturated rings. The molecule has 0 bridgehead atoms. The Bertz CT molecular complexity index is 293. The fraction of sp³-hybridized carbons (Fsp3) is 0.667. The Morgan fingerprint density at radius 3 is 2.62 bits per heavy atom. The zero-order valence-electron chi connectivity index (χ0n) is 10.7. The fourth-order valence-electron chi connectivity index (χ4n) is 1.69. The predicted molar refractivity (Wildman–Crippen MR) is 71.5 cm³/mol. The summed E-state index contributed by atoms with van der Waals surface area (Å²) in [6, 6.07) is 4.58. The van der Waals surface area contributed by atoms with Gasteiger partial charge in [-0.05, 0) is 52.2 Å². The van der Waals surface area contributed by atoms with Crippen molar-refractivity contribution in [2.24, 2.45) is 5.84 Å². The van der Waals surface area contributed by atoms with Gasteiger partial charge in [0.1, 0.15) is 0 Å². The van der Waals surface area contributed by atoms with Crippen LogP contribution in [0.3, 0.4) is 0 Å². The highest BCUT2D eigenvalue weighted by Gasteiger charge is 2.30. The monoisotopic (exact) mass is 241 g/mol. The third-order valence-electron chi connectivity index (χ3n) is 3.47. The van der Waals surface area contributed by atoms with Crippen molar-refractivity contribution < 1.29 is 0 Å². The number of hydrazine groups is 1. The summed E-state index contributed by atoms with van der Waals surface area (Å²) in [6.07, 6.45) is 2.14. The number of thiophene rings is 1. The predicted octanol–water partition coefficient (Wildman–Crippen LogP) is 1.85. The summed E-state index contributed by atoms with van der Waals surface area (Å²) in [4.78, 5) is 3.64. The molecule has 0 aliphatic rings. The second kappa shape index (κ2) is 5.77. The summed E-state index contributed by atoms with van der Waals surface area (Å²) in [7, 11) is 4.19. The van der Waals surface area contributed by atoms with E-state index in [-0.39, 0.29) is 5.54 Å². The lowest BCUT2D eigenvalue weighted by molar-refractivity contribution is 0.132. The van der Waals surface area contributed by atoms with Crippen LogP contribution in [-0.4, -0.2) is 30.6 Å². The Morgan fingerprint density at radius 1 is 1.50 bits per heavy atom. The normalized spacial score (nSPS) is 14.4. The minimum absolute atomic E-state index is 0.0615. The number of nitrogens with zero attached hydrogens (tertiary/aromatic N) is 1. The fourth-order valence-corrected chi connectivity index (χ4v) is 2.42. The molecule has 0 saturated carbocycles. The third-order valence-corrected chi connectivity index (χ3v) is 4.40. The molecule has 1 rings (SSSR count). The van der Waals surface area contributed by atoms with E-state index in [0.29, 0.717) is 6.04 Å². The second-order valence-electron chi connectivity index (χ2n) is 4.89. The lowest BCUT2D eigenvalue weighted by atomic mass is 9.90. The molecule has 0 spiro atoms. The molecule has 1 aromatic rings. The van der Waals surface area contributed by atoms with E-state index in [2.05, 4.69) is 55.8 Å². The van der Waals surface area contributed by atoms with Gasteiger partial charge >= 0.3 is 0 Å². The van der Waals surface area contributed by atoms with Gasteiger partial charge in [0.25, 0.3) is 0 Å². The minimum Gasteiger partial charge on any atom is -0.303 e. The lowest BCUT2D eigenvalue weighted by Gasteiger charge is -2.39. The molecule has 0 aliphatic carbocycles. The van der Waals surface area contributed by atoms with Gasteiger partial charge < -0.3 is 4.90 Å². The van der Waals surface area contributed by atoms with Gasteiger partial charge in [0.2, 0.25) is 0 Å². The van der Waals surface area contributed by atoms with Crippen LogP contribution in [0, 0.1) is 0 Å². The first-order valence-electron chi connectivity index (χ1n) is 5.64. The molecule has 3 N–H and O–H groups in total. The van der Waals surface area contributed by atoms with Gasteiger partial charge in [-0.3, -0.25) is 11.3 Å². The van der Waals surface area contributed by atoms with Crippen LogP contribution in [0.25, 0.3) is 0 Å². The first kappa shape index (κ1) is 13.6.